The highest BCUT2D eigenvalue weighted by Gasteiger charge is 2.16. The Morgan fingerprint density at radius 3 is 2.84 bits per heavy atom. The van der Waals surface area contributed by atoms with Crippen LogP contribution in [0.3, 0.4) is 0 Å². The van der Waals surface area contributed by atoms with Crippen LogP contribution in [0.5, 0.6) is 11.5 Å². The van der Waals surface area contributed by atoms with Crippen molar-refractivity contribution in [2.45, 2.75) is 26.7 Å². The normalized spacial score (nSPS) is 11.5. The van der Waals surface area contributed by atoms with Crippen LogP contribution in [0.25, 0.3) is 25.9 Å². The average Bonchev–Trinajstić information content (AvgIpc) is 3.26. The third-order valence-corrected chi connectivity index (χ3v) is 5.73. The Hall–Kier alpha value is -2.19. The van der Waals surface area contributed by atoms with Crippen molar-refractivity contribution < 1.29 is 9.47 Å². The average molecular weight is 374 g/mol. The molecular weight excluding hydrogens is 356 g/mol. The number of nitrogens with zero attached hydrogens (tertiary/aromatic N) is 4. The van der Waals surface area contributed by atoms with E-state index < -0.39 is 0 Å². The number of benzene rings is 1. The Morgan fingerprint density at radius 1 is 1.20 bits per heavy atom. The molecule has 6 nitrogen and oxygen atoms in total. The number of methoxy groups -OCH3 is 1. The van der Waals surface area contributed by atoms with Gasteiger partial charge in [-0.1, -0.05) is 24.7 Å². The van der Waals surface area contributed by atoms with Crippen LogP contribution >= 0.6 is 22.7 Å². The fourth-order valence-electron chi connectivity index (χ4n) is 2.54. The van der Waals surface area contributed by atoms with Crippen molar-refractivity contribution in [3.63, 3.8) is 0 Å². The number of unbranched alkanes of at least 4 members (excludes halogenated alkanes) is 1. The molecule has 130 valence electrons. The second kappa shape index (κ2) is 6.61. The van der Waals surface area contributed by atoms with E-state index in [1.54, 1.807) is 34.3 Å². The highest BCUT2D eigenvalue weighted by Crippen LogP contribution is 2.38. The van der Waals surface area contributed by atoms with Crippen LogP contribution < -0.4 is 9.47 Å². The third-order valence-electron chi connectivity index (χ3n) is 3.78. The van der Waals surface area contributed by atoms with Gasteiger partial charge in [-0.15, -0.1) is 11.3 Å². The number of fused-ring (bicyclic) bond motifs is 2. The molecule has 0 aliphatic rings. The number of aryl methyl sites for hydroxylation is 1. The van der Waals surface area contributed by atoms with Gasteiger partial charge in [0, 0.05) is 12.1 Å². The summed E-state index contributed by atoms with van der Waals surface area (Å²) in [5.74, 6) is 1.57. The van der Waals surface area contributed by atoms with E-state index >= 15 is 0 Å². The largest absolute Gasteiger partial charge is 0.497 e. The van der Waals surface area contributed by atoms with Crippen LogP contribution in [0, 0.1) is 6.92 Å². The summed E-state index contributed by atoms with van der Waals surface area (Å²) in [7, 11) is 1.65. The molecule has 0 aliphatic heterocycles. The number of ether oxygens (including phenoxy) is 2. The first-order chi connectivity index (χ1) is 12.2. The smallest absolute Gasteiger partial charge is 0.212 e. The van der Waals surface area contributed by atoms with Crippen LogP contribution in [0.4, 0.5) is 0 Å². The first-order valence-electron chi connectivity index (χ1n) is 8.12. The molecule has 0 fully saturated rings. The SMILES string of the molecule is CCCCOc1cc(OC)cc2nc(-c3cn4nc(C)sc4n3)sc12. The van der Waals surface area contributed by atoms with E-state index in [0.29, 0.717) is 6.61 Å². The molecule has 0 atom stereocenters. The second-order valence-electron chi connectivity index (χ2n) is 5.67. The lowest BCUT2D eigenvalue weighted by Crippen LogP contribution is -1.97. The molecule has 0 amide bonds. The minimum atomic E-state index is 0.690. The summed E-state index contributed by atoms with van der Waals surface area (Å²) >= 11 is 3.16. The molecule has 0 saturated carbocycles. The van der Waals surface area contributed by atoms with Crippen LogP contribution in [-0.2, 0) is 0 Å². The van der Waals surface area contributed by atoms with Crippen molar-refractivity contribution in [1.29, 1.82) is 0 Å². The number of thiazole rings is 1. The van der Waals surface area contributed by atoms with Crippen molar-refractivity contribution in [3.8, 4) is 22.2 Å². The lowest BCUT2D eigenvalue weighted by Gasteiger charge is -2.08. The number of rotatable bonds is 6. The zero-order chi connectivity index (χ0) is 17.4. The molecule has 0 bridgehead atoms. The van der Waals surface area contributed by atoms with E-state index in [1.165, 1.54) is 0 Å². The molecule has 0 unspecified atom stereocenters. The summed E-state index contributed by atoms with van der Waals surface area (Å²) in [6.07, 6.45) is 4.04. The summed E-state index contributed by atoms with van der Waals surface area (Å²) < 4.78 is 14.2. The quantitative estimate of drug-likeness (QED) is 0.463. The van der Waals surface area contributed by atoms with Gasteiger partial charge in [-0.25, -0.2) is 14.5 Å². The molecule has 25 heavy (non-hydrogen) atoms. The van der Waals surface area contributed by atoms with E-state index in [9.17, 15) is 0 Å². The lowest BCUT2D eigenvalue weighted by atomic mass is 10.3. The van der Waals surface area contributed by atoms with E-state index in [2.05, 4.69) is 17.0 Å². The Morgan fingerprint density at radius 2 is 2.08 bits per heavy atom. The minimum absolute atomic E-state index is 0.690. The summed E-state index contributed by atoms with van der Waals surface area (Å²) in [6, 6.07) is 3.86. The van der Waals surface area contributed by atoms with E-state index in [0.717, 1.165) is 55.2 Å². The van der Waals surface area contributed by atoms with Gasteiger partial charge in [0.15, 0.2) is 0 Å². The van der Waals surface area contributed by atoms with Crippen molar-refractivity contribution in [1.82, 2.24) is 19.6 Å². The molecule has 0 radical (unpaired) electrons. The number of hydrogen-bond donors (Lipinski definition) is 0. The minimum Gasteiger partial charge on any atom is -0.497 e. The molecule has 0 N–H and O–H groups in total. The monoisotopic (exact) mass is 374 g/mol. The molecule has 0 aliphatic carbocycles. The molecule has 3 aromatic heterocycles. The van der Waals surface area contributed by atoms with Crippen LogP contribution in [-0.4, -0.2) is 33.3 Å². The van der Waals surface area contributed by atoms with Crippen LogP contribution in [0.2, 0.25) is 0 Å². The Labute approximate surface area is 153 Å². The predicted molar refractivity (Wildman–Crippen MR) is 101 cm³/mol. The van der Waals surface area contributed by atoms with Crippen LogP contribution in [0.1, 0.15) is 24.8 Å². The highest BCUT2D eigenvalue weighted by molar-refractivity contribution is 7.22. The van der Waals surface area contributed by atoms with Crippen molar-refractivity contribution in [3.05, 3.63) is 23.3 Å². The van der Waals surface area contributed by atoms with Crippen molar-refractivity contribution in [2.75, 3.05) is 13.7 Å². The van der Waals surface area contributed by atoms with Gasteiger partial charge in [-0.2, -0.15) is 5.10 Å². The molecular formula is C17H18N4O2S2. The fourth-order valence-corrected chi connectivity index (χ4v) is 4.23. The van der Waals surface area contributed by atoms with Gasteiger partial charge in [0.05, 0.1) is 30.1 Å². The lowest BCUT2D eigenvalue weighted by molar-refractivity contribution is 0.311. The van der Waals surface area contributed by atoms with E-state index in [1.807, 2.05) is 25.3 Å². The predicted octanol–water partition coefficient (Wildman–Crippen LogP) is 4.56. The molecule has 0 spiro atoms. The zero-order valence-electron chi connectivity index (χ0n) is 14.3. The summed E-state index contributed by atoms with van der Waals surface area (Å²) in [5.41, 5.74) is 1.70. The number of imidazole rings is 1. The summed E-state index contributed by atoms with van der Waals surface area (Å²) in [4.78, 5) is 10.3. The van der Waals surface area contributed by atoms with Gasteiger partial charge in [0.1, 0.15) is 27.2 Å². The Bertz CT molecular complexity index is 1000. The van der Waals surface area contributed by atoms with Crippen molar-refractivity contribution in [2.24, 2.45) is 0 Å². The molecule has 4 rings (SSSR count). The van der Waals surface area contributed by atoms with Gasteiger partial charge in [-0.05, 0) is 13.3 Å². The fraction of sp³-hybridized carbons (Fsp3) is 0.353. The van der Waals surface area contributed by atoms with Crippen molar-refractivity contribution >= 4 is 37.9 Å². The number of aromatic nitrogens is 4. The topological polar surface area (TPSA) is 61.5 Å². The Balaban J connectivity index is 1.77. The second-order valence-corrected chi connectivity index (χ2v) is 7.83. The molecule has 8 heteroatoms. The molecule has 0 saturated heterocycles. The maximum atomic E-state index is 5.97. The molecule has 3 heterocycles. The summed E-state index contributed by atoms with van der Waals surface area (Å²) in [5, 5.41) is 6.27. The standard InChI is InChI=1S/C17H18N4O2S2/c1-4-5-6-23-14-8-11(22-3)7-12-15(14)25-16(18-12)13-9-21-17(19-13)24-10(2)20-21/h7-9H,4-6H2,1-3H3. The van der Waals surface area contributed by atoms with Gasteiger partial charge >= 0.3 is 0 Å². The first kappa shape index (κ1) is 16.3. The van der Waals surface area contributed by atoms with Gasteiger partial charge < -0.3 is 9.47 Å². The van der Waals surface area contributed by atoms with Gasteiger partial charge in [-0.3, -0.25) is 0 Å². The van der Waals surface area contributed by atoms with Crippen LogP contribution in [0.15, 0.2) is 18.3 Å². The maximum absolute atomic E-state index is 5.97. The first-order valence-corrected chi connectivity index (χ1v) is 9.75. The van der Waals surface area contributed by atoms with E-state index in [-0.39, 0.29) is 0 Å². The Kier molecular flexibility index (Phi) is 4.30. The number of hydrogen-bond acceptors (Lipinski definition) is 7. The summed E-state index contributed by atoms with van der Waals surface area (Å²) in [6.45, 7) is 4.81. The highest BCUT2D eigenvalue weighted by atomic mass is 32.1. The van der Waals surface area contributed by atoms with Gasteiger partial charge in [0.2, 0.25) is 4.96 Å². The molecule has 4 aromatic rings. The zero-order valence-corrected chi connectivity index (χ0v) is 15.9. The third kappa shape index (κ3) is 3.07. The van der Waals surface area contributed by atoms with Gasteiger partial charge in [0.25, 0.3) is 0 Å². The van der Waals surface area contributed by atoms with E-state index in [4.69, 9.17) is 14.5 Å². The molecule has 1 aromatic carbocycles. The maximum Gasteiger partial charge on any atom is 0.212 e.